The van der Waals surface area contributed by atoms with Gasteiger partial charge in [0.15, 0.2) is 5.82 Å². The maximum absolute atomic E-state index is 10.9. The van der Waals surface area contributed by atoms with Crippen molar-refractivity contribution in [2.75, 3.05) is 13.6 Å². The molecule has 1 fully saturated rings. The third kappa shape index (κ3) is 3.34. The molecule has 7 nitrogen and oxygen atoms in total. The molecule has 0 amide bonds. The summed E-state index contributed by atoms with van der Waals surface area (Å²) >= 11 is 0. The summed E-state index contributed by atoms with van der Waals surface area (Å²) in [5.41, 5.74) is 5.92. The second kappa shape index (κ2) is 6.32. The molecule has 0 radical (unpaired) electrons. The number of hydrogen-bond acceptors (Lipinski definition) is 5. The van der Waals surface area contributed by atoms with E-state index in [4.69, 9.17) is 5.73 Å². The quantitative estimate of drug-likeness (QED) is 0.649. The first-order valence-corrected chi connectivity index (χ1v) is 7.11. The van der Waals surface area contributed by atoms with Gasteiger partial charge in [-0.1, -0.05) is 0 Å². The minimum absolute atomic E-state index is 0.0709. The molecular weight excluding hydrogens is 258 g/mol. The normalized spacial score (nSPS) is 23.2. The monoisotopic (exact) mass is 281 g/mol. The Balaban J connectivity index is 1.92. The number of hydrogen-bond donors (Lipinski definition) is 1. The van der Waals surface area contributed by atoms with Gasteiger partial charge < -0.3 is 15.8 Å². The van der Waals surface area contributed by atoms with Crippen molar-refractivity contribution in [3.05, 3.63) is 22.1 Å². The molecule has 1 aromatic rings. The molecule has 1 heterocycles. The van der Waals surface area contributed by atoms with Crippen LogP contribution < -0.4 is 5.73 Å². The van der Waals surface area contributed by atoms with E-state index >= 15 is 0 Å². The Morgan fingerprint density at radius 1 is 1.50 bits per heavy atom. The summed E-state index contributed by atoms with van der Waals surface area (Å²) in [6.45, 7) is 3.19. The molecule has 0 unspecified atom stereocenters. The lowest BCUT2D eigenvalue weighted by Crippen LogP contribution is -2.40. The van der Waals surface area contributed by atoms with E-state index in [-0.39, 0.29) is 10.7 Å². The summed E-state index contributed by atoms with van der Waals surface area (Å²) in [5.74, 6) is 0.761. The van der Waals surface area contributed by atoms with Crippen molar-refractivity contribution in [3.63, 3.8) is 0 Å². The third-order valence-electron chi connectivity index (χ3n) is 4.26. The van der Waals surface area contributed by atoms with E-state index < -0.39 is 0 Å². The van der Waals surface area contributed by atoms with Gasteiger partial charge in [-0.2, -0.15) is 0 Å². The molecule has 0 aliphatic heterocycles. The fraction of sp³-hybridized carbons (Fsp3) is 0.769. The fourth-order valence-electron chi connectivity index (χ4n) is 2.86. The number of aromatic nitrogens is 2. The van der Waals surface area contributed by atoms with Gasteiger partial charge in [0.05, 0.1) is 0 Å². The zero-order valence-electron chi connectivity index (χ0n) is 12.2. The first-order valence-electron chi connectivity index (χ1n) is 7.11. The van der Waals surface area contributed by atoms with Crippen molar-refractivity contribution in [1.82, 2.24) is 14.5 Å². The van der Waals surface area contributed by atoms with Crippen molar-refractivity contribution >= 4 is 5.82 Å². The average Bonchev–Trinajstić information content (AvgIpc) is 2.78. The van der Waals surface area contributed by atoms with Crippen LogP contribution in [-0.2, 0) is 6.54 Å². The van der Waals surface area contributed by atoms with E-state index in [1.54, 1.807) is 11.5 Å². The zero-order valence-corrected chi connectivity index (χ0v) is 12.2. The van der Waals surface area contributed by atoms with Crippen LogP contribution in [0, 0.1) is 17.0 Å². The third-order valence-corrected chi connectivity index (χ3v) is 4.26. The molecule has 0 spiro atoms. The number of aryl methyl sites for hydroxylation is 1. The van der Waals surface area contributed by atoms with E-state index in [0.29, 0.717) is 24.5 Å². The van der Waals surface area contributed by atoms with Crippen LogP contribution in [0.25, 0.3) is 0 Å². The van der Waals surface area contributed by atoms with E-state index in [9.17, 15) is 10.1 Å². The maximum Gasteiger partial charge on any atom is 0.342 e. The molecule has 1 aromatic heterocycles. The molecule has 2 N–H and O–H groups in total. The predicted molar refractivity (Wildman–Crippen MR) is 76.5 cm³/mol. The van der Waals surface area contributed by atoms with Crippen LogP contribution in [0.2, 0.25) is 0 Å². The number of imidazole rings is 1. The summed E-state index contributed by atoms with van der Waals surface area (Å²) in [6.07, 6.45) is 5.69. The molecule has 1 aliphatic carbocycles. The van der Waals surface area contributed by atoms with Gasteiger partial charge in [0.25, 0.3) is 0 Å². The van der Waals surface area contributed by atoms with Gasteiger partial charge in [-0.05, 0) is 37.7 Å². The van der Waals surface area contributed by atoms with Gasteiger partial charge in [0.2, 0.25) is 0 Å². The number of nitro groups is 1. The topological polar surface area (TPSA) is 90.2 Å². The van der Waals surface area contributed by atoms with Crippen molar-refractivity contribution < 1.29 is 4.92 Å². The minimum atomic E-state index is -0.375. The lowest BCUT2D eigenvalue weighted by molar-refractivity contribution is -0.392. The zero-order chi connectivity index (χ0) is 14.7. The van der Waals surface area contributed by atoms with Gasteiger partial charge in [-0.25, -0.2) is 9.55 Å². The summed E-state index contributed by atoms with van der Waals surface area (Å²) in [4.78, 5) is 16.9. The molecule has 112 valence electrons. The highest BCUT2D eigenvalue weighted by molar-refractivity contribution is 5.18. The van der Waals surface area contributed by atoms with E-state index in [1.807, 2.05) is 0 Å². The summed E-state index contributed by atoms with van der Waals surface area (Å²) < 4.78 is 1.67. The van der Waals surface area contributed by atoms with Gasteiger partial charge >= 0.3 is 5.82 Å². The number of likely N-dealkylation sites (N-methyl/N-ethyl adjacent to an activating group) is 1. The Bertz CT molecular complexity index is 465. The SMILES string of the molecule is Cc1ncc([N+](=O)[O-])n1CCN(C)C1CCC(N)CC1. The summed E-state index contributed by atoms with van der Waals surface area (Å²) in [5, 5.41) is 10.9. The Morgan fingerprint density at radius 2 is 2.15 bits per heavy atom. The van der Waals surface area contributed by atoms with Crippen LogP contribution in [0.15, 0.2) is 6.20 Å². The van der Waals surface area contributed by atoms with Crippen LogP contribution >= 0.6 is 0 Å². The van der Waals surface area contributed by atoms with Crippen LogP contribution in [0.5, 0.6) is 0 Å². The van der Waals surface area contributed by atoms with Gasteiger partial charge in [0, 0.05) is 25.6 Å². The summed E-state index contributed by atoms with van der Waals surface area (Å²) in [7, 11) is 2.08. The first kappa shape index (κ1) is 14.9. The van der Waals surface area contributed by atoms with Crippen LogP contribution in [0.1, 0.15) is 31.5 Å². The molecule has 0 bridgehead atoms. The van der Waals surface area contributed by atoms with Gasteiger partial charge in [-0.15, -0.1) is 0 Å². The minimum Gasteiger partial charge on any atom is -0.358 e. The highest BCUT2D eigenvalue weighted by atomic mass is 16.6. The van der Waals surface area contributed by atoms with Crippen LogP contribution in [0.4, 0.5) is 5.82 Å². The molecule has 2 rings (SSSR count). The van der Waals surface area contributed by atoms with E-state index in [0.717, 1.165) is 32.2 Å². The molecule has 20 heavy (non-hydrogen) atoms. The number of nitrogens with zero attached hydrogens (tertiary/aromatic N) is 4. The first-order chi connectivity index (χ1) is 9.49. The highest BCUT2D eigenvalue weighted by Crippen LogP contribution is 2.21. The number of nitrogens with two attached hydrogens (primary N) is 1. The second-order valence-corrected chi connectivity index (χ2v) is 5.62. The van der Waals surface area contributed by atoms with Crippen LogP contribution in [-0.4, -0.2) is 45.1 Å². The largest absolute Gasteiger partial charge is 0.358 e. The van der Waals surface area contributed by atoms with E-state index in [1.165, 1.54) is 6.20 Å². The molecular formula is C13H23N5O2. The van der Waals surface area contributed by atoms with Crippen molar-refractivity contribution in [3.8, 4) is 0 Å². The Kier molecular flexibility index (Phi) is 4.72. The average molecular weight is 281 g/mol. The molecule has 0 aromatic carbocycles. The van der Waals surface area contributed by atoms with Crippen molar-refractivity contribution in [2.45, 2.75) is 51.2 Å². The van der Waals surface area contributed by atoms with E-state index in [2.05, 4.69) is 16.9 Å². The Hall–Kier alpha value is -1.47. The van der Waals surface area contributed by atoms with Crippen LogP contribution in [0.3, 0.4) is 0 Å². The Morgan fingerprint density at radius 3 is 2.75 bits per heavy atom. The molecule has 1 saturated carbocycles. The fourth-order valence-corrected chi connectivity index (χ4v) is 2.86. The Labute approximate surface area is 118 Å². The molecule has 1 aliphatic rings. The molecule has 7 heteroatoms. The molecule has 0 atom stereocenters. The van der Waals surface area contributed by atoms with Crippen molar-refractivity contribution in [1.29, 1.82) is 0 Å². The second-order valence-electron chi connectivity index (χ2n) is 5.62. The lowest BCUT2D eigenvalue weighted by atomic mass is 9.91. The van der Waals surface area contributed by atoms with Gasteiger partial charge in [0.1, 0.15) is 12.7 Å². The van der Waals surface area contributed by atoms with Crippen molar-refractivity contribution in [2.24, 2.45) is 5.73 Å². The summed E-state index contributed by atoms with van der Waals surface area (Å²) in [6, 6.07) is 0.884. The molecule has 0 saturated heterocycles. The standard InChI is InChI=1S/C13H23N5O2/c1-10-15-9-13(18(19)20)17(10)8-7-16(2)12-5-3-11(14)4-6-12/h9,11-12H,3-8,14H2,1-2H3. The smallest absolute Gasteiger partial charge is 0.342 e. The predicted octanol–water partition coefficient (Wildman–Crippen LogP) is 1.30. The highest BCUT2D eigenvalue weighted by Gasteiger charge is 2.23. The number of rotatable bonds is 5. The maximum atomic E-state index is 10.9. The lowest BCUT2D eigenvalue weighted by Gasteiger charge is -2.33. The van der Waals surface area contributed by atoms with Gasteiger partial charge in [-0.3, -0.25) is 4.90 Å².